The number of hydrogen-bond acceptors (Lipinski definition) is 0. The van der Waals surface area contributed by atoms with Gasteiger partial charge in [0.1, 0.15) is 0 Å². The molecule has 140 valence electrons. The third-order valence-corrected chi connectivity index (χ3v) is 4.37. The van der Waals surface area contributed by atoms with Crippen molar-refractivity contribution in [2.45, 2.75) is 65.7 Å². The van der Waals surface area contributed by atoms with Crippen molar-refractivity contribution < 1.29 is 33.2 Å². The molecule has 3 N–H and O–H groups in total. The average Bonchev–Trinajstić information content (AvgIpc) is 3.06. The predicted octanol–water partition coefficient (Wildman–Crippen LogP) is 6.89. The molecule has 0 fully saturated rings. The van der Waals surface area contributed by atoms with Crippen LogP contribution in [0.2, 0.25) is 0 Å². The van der Waals surface area contributed by atoms with Crippen molar-refractivity contribution in [1.29, 1.82) is 0 Å². The Kier molecular flexibility index (Phi) is 42.3. The van der Waals surface area contributed by atoms with E-state index in [1.807, 2.05) is 0 Å². The maximum atomic E-state index is 11.8. The van der Waals surface area contributed by atoms with E-state index in [0.29, 0.717) is 26.1 Å². The fourth-order valence-corrected chi connectivity index (χ4v) is 2.26. The Balaban J connectivity index is -0.000000113. The van der Waals surface area contributed by atoms with Gasteiger partial charge in [0.2, 0.25) is 0 Å². The molecule has 24 heavy (non-hydrogen) atoms. The number of unbranched alkanes of at least 4 members (excludes halogenated alkanes) is 3. The molecule has 0 saturated heterocycles. The van der Waals surface area contributed by atoms with Crippen molar-refractivity contribution in [1.82, 2.24) is 0 Å². The van der Waals surface area contributed by atoms with Crippen LogP contribution in [0.4, 0.5) is 7.00 Å². The summed E-state index contributed by atoms with van der Waals surface area (Å²) < 4.78 is 23.8. The minimum absolute atomic E-state index is 0. The first-order valence-corrected chi connectivity index (χ1v) is 11.6. The second-order valence-corrected chi connectivity index (χ2v) is 7.42. The third-order valence-electron chi connectivity index (χ3n) is 2.55. The quantitative estimate of drug-likeness (QED) is 0.280. The van der Waals surface area contributed by atoms with Crippen LogP contribution in [0.3, 0.4) is 0 Å². The summed E-state index contributed by atoms with van der Waals surface area (Å²) in [7, 11) is 0. The first kappa shape index (κ1) is 32.3. The van der Waals surface area contributed by atoms with Crippen molar-refractivity contribution in [2.24, 2.45) is 0 Å². The fraction of sp³-hybridized carbons (Fsp3) is 0.765. The zero-order valence-electron chi connectivity index (χ0n) is 15.6. The van der Waals surface area contributed by atoms with E-state index in [1.54, 1.807) is 6.08 Å². The number of halogens is 2. The molecule has 1 aliphatic carbocycles. The summed E-state index contributed by atoms with van der Waals surface area (Å²) in [6, 6.07) is 0. The third kappa shape index (κ3) is 34.1. The van der Waals surface area contributed by atoms with Gasteiger partial charge in [0, 0.05) is 0 Å². The zero-order chi connectivity index (χ0) is 18.3. The van der Waals surface area contributed by atoms with Gasteiger partial charge in [-0.25, -0.2) is 0 Å². The molecule has 1 rings (SSSR count). The summed E-state index contributed by atoms with van der Waals surface area (Å²) in [6.45, 7) is 8.06. The molecule has 0 atom stereocenters. The minimum atomic E-state index is -3.91. The van der Waals surface area contributed by atoms with Gasteiger partial charge in [-0.15, -0.1) is 0 Å². The zero-order valence-corrected chi connectivity index (χ0v) is 20.4. The molecule has 0 aromatic carbocycles. The summed E-state index contributed by atoms with van der Waals surface area (Å²) in [5, 5.41) is 0. The Hall–Kier alpha value is 0.646. The molecule has 0 aromatic heterocycles. The molecule has 0 aliphatic heterocycles. The molecule has 0 saturated carbocycles. The van der Waals surface area contributed by atoms with Gasteiger partial charge >= 0.3 is 77.5 Å². The fourth-order valence-electron chi connectivity index (χ4n) is 1.10. The van der Waals surface area contributed by atoms with Crippen molar-refractivity contribution in [3.63, 3.8) is 0 Å². The molecule has 0 amide bonds. The Morgan fingerprint density at radius 3 is 1.38 bits per heavy atom. The van der Waals surface area contributed by atoms with E-state index in [1.165, 1.54) is 6.08 Å². The summed E-state index contributed by atoms with van der Waals surface area (Å²) in [5.41, 5.74) is 19.8. The van der Waals surface area contributed by atoms with Crippen molar-refractivity contribution in [2.75, 3.05) is 19.6 Å². The Morgan fingerprint density at radius 2 is 1.29 bits per heavy atom. The van der Waals surface area contributed by atoms with Gasteiger partial charge in [-0.1, -0.05) is 59.3 Å². The van der Waals surface area contributed by atoms with E-state index in [4.69, 9.17) is 17.2 Å². The van der Waals surface area contributed by atoms with Crippen molar-refractivity contribution in [3.8, 4) is 0 Å². The molecule has 0 heterocycles. The van der Waals surface area contributed by atoms with Gasteiger partial charge in [-0.2, -0.15) is 19.6 Å². The largest absolute Gasteiger partial charge is 4.00 e. The Morgan fingerprint density at radius 1 is 0.917 bits per heavy atom. The van der Waals surface area contributed by atoms with Crippen LogP contribution in [-0.4, -0.2) is 34.9 Å². The van der Waals surface area contributed by atoms with Crippen LogP contribution in [0.15, 0.2) is 16.6 Å². The summed E-state index contributed by atoms with van der Waals surface area (Å²) in [5.74, 6) is 0. The molecular formula is C17H35F2GeN3Zr. The van der Waals surface area contributed by atoms with Crippen LogP contribution < -0.4 is 0 Å². The van der Waals surface area contributed by atoms with Gasteiger partial charge in [0.25, 0.3) is 0 Å². The number of allylic oxidation sites excluding steroid dienone is 4. The van der Waals surface area contributed by atoms with Crippen molar-refractivity contribution >= 4 is 15.3 Å². The monoisotopic (exact) mass is 483 g/mol. The summed E-state index contributed by atoms with van der Waals surface area (Å²) in [6.07, 6.45) is 13.0. The van der Waals surface area contributed by atoms with Crippen LogP contribution in [0.5, 0.6) is 0 Å². The normalized spacial score (nSPS) is 11.1. The first-order valence-electron chi connectivity index (χ1n) is 8.54. The summed E-state index contributed by atoms with van der Waals surface area (Å²) >= 11 is -3.91. The van der Waals surface area contributed by atoms with E-state index < -0.39 is 15.3 Å². The molecule has 1 aliphatic rings. The van der Waals surface area contributed by atoms with Crippen LogP contribution in [-0.2, 0) is 26.2 Å². The molecule has 0 unspecified atom stereocenters. The Bertz CT molecular complexity index is 246. The van der Waals surface area contributed by atoms with E-state index in [0.717, 1.165) is 38.5 Å². The standard InChI is InChI=1S/C5H5F2Ge.3C4H10N.Zr/c6-8(7)5-3-1-2-4-5;3*1-2-3-4-5;/h1,3,8H,2H2;3*5H,2-4H2,1H3;/q4*-1;+4. The number of nitrogens with one attached hydrogen (secondary N) is 3. The maximum Gasteiger partial charge on any atom is 4.00 e. The molecule has 0 spiro atoms. The molecular weight excluding hydrogens is 448 g/mol. The van der Waals surface area contributed by atoms with E-state index in [-0.39, 0.29) is 30.6 Å². The number of hydrogen-bond donors (Lipinski definition) is 0. The maximum absolute atomic E-state index is 11.8. The van der Waals surface area contributed by atoms with Gasteiger partial charge in [0.05, 0.1) is 0 Å². The second-order valence-electron chi connectivity index (χ2n) is 4.85. The van der Waals surface area contributed by atoms with E-state index in [9.17, 15) is 7.00 Å². The topological polar surface area (TPSA) is 71.4 Å². The Labute approximate surface area is 173 Å². The van der Waals surface area contributed by atoms with Crippen LogP contribution in [0.1, 0.15) is 65.7 Å². The van der Waals surface area contributed by atoms with E-state index >= 15 is 0 Å². The molecule has 0 aromatic rings. The predicted molar refractivity (Wildman–Crippen MR) is 102 cm³/mol. The SMILES string of the molecule is CCCC[NH-].CCCC[NH-].CCCC[NH-].[F][GeH]([F])[C]1=[C-]CC=C1.[Zr+4]. The van der Waals surface area contributed by atoms with E-state index in [2.05, 4.69) is 26.8 Å². The van der Waals surface area contributed by atoms with Crippen LogP contribution in [0, 0.1) is 6.08 Å². The molecule has 7 heteroatoms. The van der Waals surface area contributed by atoms with Gasteiger partial charge in [-0.3, -0.25) is 0 Å². The van der Waals surface area contributed by atoms with Crippen LogP contribution in [0.25, 0.3) is 17.2 Å². The van der Waals surface area contributed by atoms with Crippen molar-refractivity contribution in [3.05, 3.63) is 39.8 Å². The molecule has 0 radical (unpaired) electrons. The van der Waals surface area contributed by atoms with Crippen LogP contribution >= 0.6 is 0 Å². The average molecular weight is 483 g/mol. The minimum Gasteiger partial charge on any atom is 4.00 e. The molecule has 0 bridgehead atoms. The van der Waals surface area contributed by atoms with Gasteiger partial charge in [0.15, 0.2) is 0 Å². The second kappa shape index (κ2) is 31.4. The van der Waals surface area contributed by atoms with Gasteiger partial charge < -0.3 is 17.2 Å². The number of rotatable bonds is 7. The smallest absolute Gasteiger partial charge is 4.00 e. The van der Waals surface area contributed by atoms with Gasteiger partial charge in [-0.05, 0) is 0 Å². The first-order chi connectivity index (χ1) is 11.0. The summed E-state index contributed by atoms with van der Waals surface area (Å²) in [4.78, 5) is 0. The molecule has 3 nitrogen and oxygen atoms in total.